The predicted octanol–water partition coefficient (Wildman–Crippen LogP) is 4.04. The van der Waals surface area contributed by atoms with Crippen LogP contribution in [0, 0.1) is 13.8 Å². The van der Waals surface area contributed by atoms with Crippen molar-refractivity contribution in [1.29, 1.82) is 0 Å². The molecular weight excluding hydrogens is 284 g/mol. The lowest BCUT2D eigenvalue weighted by Gasteiger charge is -2.05. The van der Waals surface area contributed by atoms with Crippen LogP contribution in [0.4, 0.5) is 5.69 Å². The summed E-state index contributed by atoms with van der Waals surface area (Å²) in [5.41, 5.74) is 4.64. The van der Waals surface area contributed by atoms with Crippen LogP contribution < -0.4 is 0 Å². The Bertz CT molecular complexity index is 657. The molecule has 0 unspecified atom stereocenters. The summed E-state index contributed by atoms with van der Waals surface area (Å²) in [5, 5.41) is 0.659. The monoisotopic (exact) mass is 300 g/mol. The predicted molar refractivity (Wildman–Crippen MR) is 86.8 cm³/mol. The molecule has 0 atom stereocenters. The van der Waals surface area contributed by atoms with Crippen LogP contribution in [0.15, 0.2) is 35.3 Å². The molecule has 0 saturated carbocycles. The summed E-state index contributed by atoms with van der Waals surface area (Å²) in [4.78, 5) is 19.4. The Balaban J connectivity index is 2.12. The number of aromatic nitrogens is 1. The highest BCUT2D eigenvalue weighted by Gasteiger charge is 2.03. The summed E-state index contributed by atoms with van der Waals surface area (Å²) in [5.74, 6) is 0. The van der Waals surface area contributed by atoms with E-state index in [1.807, 2.05) is 38.1 Å². The number of halogens is 1. The van der Waals surface area contributed by atoms with Gasteiger partial charge >= 0.3 is 0 Å². The van der Waals surface area contributed by atoms with Gasteiger partial charge in [0, 0.05) is 30.4 Å². The molecule has 4 heteroatoms. The molecule has 0 fully saturated rings. The Morgan fingerprint density at radius 3 is 2.57 bits per heavy atom. The largest absolute Gasteiger partial charge is 0.303 e. The van der Waals surface area contributed by atoms with Crippen LogP contribution >= 0.6 is 11.6 Å². The Kier molecular flexibility index (Phi) is 5.23. The van der Waals surface area contributed by atoms with Gasteiger partial charge in [0.1, 0.15) is 6.29 Å². The second-order valence-electron chi connectivity index (χ2n) is 4.92. The van der Waals surface area contributed by atoms with Gasteiger partial charge in [0.25, 0.3) is 0 Å². The fourth-order valence-electron chi connectivity index (χ4n) is 2.14. The average Bonchev–Trinajstić information content (AvgIpc) is 2.42. The molecule has 0 amide bonds. The smallest absolute Gasteiger partial charge is 0.125 e. The number of aldehydes is 1. The quantitative estimate of drug-likeness (QED) is 0.618. The number of rotatable bonds is 5. The summed E-state index contributed by atoms with van der Waals surface area (Å²) in [6.45, 7) is 4.00. The lowest BCUT2D eigenvalue weighted by Crippen LogP contribution is -1.97. The second-order valence-corrected chi connectivity index (χ2v) is 5.33. The second kappa shape index (κ2) is 7.14. The van der Waals surface area contributed by atoms with E-state index in [-0.39, 0.29) is 0 Å². The Morgan fingerprint density at radius 1 is 1.19 bits per heavy atom. The summed E-state index contributed by atoms with van der Waals surface area (Å²) < 4.78 is 0. The number of hydrogen-bond acceptors (Lipinski definition) is 3. The minimum absolute atomic E-state index is 0.341. The fourth-order valence-corrected chi connectivity index (χ4v) is 2.51. The number of carbonyl (C=O) groups excluding carboxylic acids is 1. The minimum Gasteiger partial charge on any atom is -0.303 e. The van der Waals surface area contributed by atoms with E-state index in [1.165, 1.54) is 0 Å². The van der Waals surface area contributed by atoms with Crippen LogP contribution in [0.2, 0.25) is 5.02 Å². The number of nitrogens with zero attached hydrogens (tertiary/aromatic N) is 2. The molecule has 0 aliphatic rings. The highest BCUT2D eigenvalue weighted by atomic mass is 35.5. The summed E-state index contributed by atoms with van der Waals surface area (Å²) in [6.07, 6.45) is 3.61. The number of aliphatic imine (C=N–C) groups is 1. The molecule has 1 aromatic heterocycles. The molecule has 0 aliphatic heterocycles. The molecule has 0 bridgehead atoms. The summed E-state index contributed by atoms with van der Waals surface area (Å²) in [6, 6.07) is 9.63. The first-order valence-corrected chi connectivity index (χ1v) is 7.15. The Morgan fingerprint density at radius 2 is 1.90 bits per heavy atom. The highest BCUT2D eigenvalue weighted by molar-refractivity contribution is 6.33. The van der Waals surface area contributed by atoms with Crippen LogP contribution in [0.3, 0.4) is 0 Å². The van der Waals surface area contributed by atoms with E-state index in [4.69, 9.17) is 11.6 Å². The van der Waals surface area contributed by atoms with Crippen molar-refractivity contribution in [3.63, 3.8) is 0 Å². The molecular formula is C17H17ClN2O. The topological polar surface area (TPSA) is 42.3 Å². The van der Waals surface area contributed by atoms with Crippen molar-refractivity contribution in [2.75, 3.05) is 0 Å². The van der Waals surface area contributed by atoms with Crippen LogP contribution in [0.25, 0.3) is 0 Å². The molecule has 2 aromatic rings. The van der Waals surface area contributed by atoms with Gasteiger partial charge < -0.3 is 4.79 Å². The summed E-state index contributed by atoms with van der Waals surface area (Å²) >= 11 is 6.21. The molecule has 3 nitrogen and oxygen atoms in total. The third kappa shape index (κ3) is 4.23. The van der Waals surface area contributed by atoms with Gasteiger partial charge in [-0.1, -0.05) is 23.7 Å². The van der Waals surface area contributed by atoms with Gasteiger partial charge in [-0.05, 0) is 43.2 Å². The molecule has 0 spiro atoms. The molecule has 0 aliphatic carbocycles. The zero-order valence-electron chi connectivity index (χ0n) is 12.1. The van der Waals surface area contributed by atoms with Crippen molar-refractivity contribution in [2.45, 2.75) is 26.7 Å². The maximum absolute atomic E-state index is 10.5. The molecule has 1 aromatic carbocycles. The van der Waals surface area contributed by atoms with Crippen LogP contribution in [0.5, 0.6) is 0 Å². The molecule has 0 radical (unpaired) electrons. The van der Waals surface area contributed by atoms with Crippen molar-refractivity contribution in [3.05, 3.63) is 57.9 Å². The van der Waals surface area contributed by atoms with Gasteiger partial charge in [-0.25, -0.2) is 0 Å². The van der Waals surface area contributed by atoms with Gasteiger partial charge in [0.2, 0.25) is 0 Å². The van der Waals surface area contributed by atoms with E-state index in [0.717, 1.165) is 34.5 Å². The minimum atomic E-state index is 0.341. The van der Waals surface area contributed by atoms with Gasteiger partial charge in [0.15, 0.2) is 0 Å². The van der Waals surface area contributed by atoms with Gasteiger partial charge in [0.05, 0.1) is 10.7 Å². The molecule has 2 rings (SSSR count). The van der Waals surface area contributed by atoms with Crippen molar-refractivity contribution in [1.82, 2.24) is 4.98 Å². The standard InChI is InChI=1S/C17H17ClN2O/c1-12-10-13(2)17(16(18)11-12)19-8-6-14-4-3-5-15(20-14)7-9-21/h3-5,8-11H,6-7H2,1-2H3. The molecule has 0 saturated heterocycles. The SMILES string of the molecule is Cc1cc(C)c(N=CCc2cccc(CC=O)n2)c(Cl)c1. The number of pyridine rings is 1. The normalized spacial score (nSPS) is 11.0. The van der Waals surface area contributed by atoms with E-state index in [1.54, 1.807) is 6.21 Å². The third-order valence-corrected chi connectivity index (χ3v) is 3.36. The van der Waals surface area contributed by atoms with E-state index < -0.39 is 0 Å². The van der Waals surface area contributed by atoms with Crippen molar-refractivity contribution < 1.29 is 4.79 Å². The molecule has 108 valence electrons. The number of carbonyl (C=O) groups is 1. The highest BCUT2D eigenvalue weighted by Crippen LogP contribution is 2.29. The molecule has 0 N–H and O–H groups in total. The lowest BCUT2D eigenvalue weighted by molar-refractivity contribution is -0.107. The van der Waals surface area contributed by atoms with Crippen LogP contribution in [-0.2, 0) is 17.6 Å². The van der Waals surface area contributed by atoms with Crippen molar-refractivity contribution in [2.24, 2.45) is 4.99 Å². The number of aryl methyl sites for hydroxylation is 2. The zero-order valence-corrected chi connectivity index (χ0v) is 12.9. The summed E-state index contributed by atoms with van der Waals surface area (Å²) in [7, 11) is 0. The van der Waals surface area contributed by atoms with Crippen LogP contribution in [-0.4, -0.2) is 17.5 Å². The van der Waals surface area contributed by atoms with Gasteiger partial charge in [-0.15, -0.1) is 0 Å². The van der Waals surface area contributed by atoms with E-state index >= 15 is 0 Å². The molecule has 1 heterocycles. The first-order valence-electron chi connectivity index (χ1n) is 6.78. The van der Waals surface area contributed by atoms with E-state index in [2.05, 4.69) is 16.0 Å². The lowest BCUT2D eigenvalue weighted by atomic mass is 10.1. The Labute approximate surface area is 129 Å². The fraction of sp³-hybridized carbons (Fsp3) is 0.235. The van der Waals surface area contributed by atoms with Gasteiger partial charge in [-0.2, -0.15) is 0 Å². The number of benzene rings is 1. The number of hydrogen-bond donors (Lipinski definition) is 0. The third-order valence-electron chi connectivity index (χ3n) is 3.08. The first kappa shape index (κ1) is 15.4. The first-order chi connectivity index (χ1) is 10.1. The van der Waals surface area contributed by atoms with Crippen molar-refractivity contribution in [3.8, 4) is 0 Å². The maximum atomic E-state index is 10.5. The van der Waals surface area contributed by atoms with Crippen molar-refractivity contribution >= 4 is 29.8 Å². The zero-order chi connectivity index (χ0) is 15.2. The Hall–Kier alpha value is -2.00. The molecule has 21 heavy (non-hydrogen) atoms. The van der Waals surface area contributed by atoms with E-state index in [9.17, 15) is 4.79 Å². The van der Waals surface area contributed by atoms with E-state index in [0.29, 0.717) is 17.9 Å². The maximum Gasteiger partial charge on any atom is 0.125 e. The average molecular weight is 301 g/mol. The van der Waals surface area contributed by atoms with Crippen LogP contribution in [0.1, 0.15) is 22.5 Å². The van der Waals surface area contributed by atoms with Gasteiger partial charge in [-0.3, -0.25) is 9.98 Å².